The summed E-state index contributed by atoms with van der Waals surface area (Å²) in [6.45, 7) is 8.24. The number of fused-ring (bicyclic) bond motifs is 2. The highest BCUT2D eigenvalue weighted by molar-refractivity contribution is 5.46. The first-order valence-corrected chi connectivity index (χ1v) is 8.80. The highest BCUT2D eigenvalue weighted by Gasteiger charge is 2.51. The van der Waals surface area contributed by atoms with Gasteiger partial charge in [-0.1, -0.05) is 38.5 Å². The highest BCUT2D eigenvalue weighted by Crippen LogP contribution is 2.50. The fraction of sp³-hybridized carbons (Fsp3) is 0.684. The zero-order valence-corrected chi connectivity index (χ0v) is 13.6. The van der Waals surface area contributed by atoms with Crippen LogP contribution >= 0.6 is 0 Å². The molecule has 0 spiro atoms. The van der Waals surface area contributed by atoms with E-state index in [0.717, 1.165) is 18.4 Å². The zero-order chi connectivity index (χ0) is 14.6. The molecule has 2 nitrogen and oxygen atoms in total. The summed E-state index contributed by atoms with van der Waals surface area (Å²) >= 11 is 0. The second-order valence-corrected chi connectivity index (χ2v) is 7.48. The molecule has 114 valence electrons. The van der Waals surface area contributed by atoms with Crippen molar-refractivity contribution in [2.24, 2.45) is 17.8 Å². The smallest absolute Gasteiger partial charge is 0.0336 e. The maximum atomic E-state index is 3.94. The predicted molar refractivity (Wildman–Crippen MR) is 87.9 cm³/mol. The van der Waals surface area contributed by atoms with Gasteiger partial charge in [-0.05, 0) is 49.2 Å². The molecule has 1 saturated carbocycles. The summed E-state index contributed by atoms with van der Waals surface area (Å²) in [7, 11) is 0. The van der Waals surface area contributed by atoms with Gasteiger partial charge in [0.25, 0.3) is 0 Å². The molecule has 1 saturated heterocycles. The van der Waals surface area contributed by atoms with Gasteiger partial charge in [0.05, 0.1) is 0 Å². The molecule has 5 atom stereocenters. The van der Waals surface area contributed by atoms with E-state index in [9.17, 15) is 0 Å². The third kappa shape index (κ3) is 1.81. The van der Waals surface area contributed by atoms with Gasteiger partial charge in [-0.15, -0.1) is 0 Å². The molecule has 4 bridgehead atoms. The predicted octanol–water partition coefficient (Wildman–Crippen LogP) is 3.53. The minimum atomic E-state index is 0.268. The van der Waals surface area contributed by atoms with E-state index in [1.165, 1.54) is 37.0 Å². The van der Waals surface area contributed by atoms with Crippen LogP contribution in [0, 0.1) is 17.8 Å². The number of nitrogens with one attached hydrogen (secondary N) is 2. The van der Waals surface area contributed by atoms with Gasteiger partial charge >= 0.3 is 0 Å². The average Bonchev–Trinajstić information content (AvgIpc) is 2.80. The van der Waals surface area contributed by atoms with Crippen LogP contribution in [0.3, 0.4) is 0 Å². The Bertz CT molecular complexity index is 542. The summed E-state index contributed by atoms with van der Waals surface area (Å²) in [6, 6.07) is 0.637. The van der Waals surface area contributed by atoms with Crippen LogP contribution in [0.5, 0.6) is 0 Å². The second-order valence-electron chi connectivity index (χ2n) is 7.48. The van der Waals surface area contributed by atoms with E-state index >= 15 is 0 Å². The van der Waals surface area contributed by atoms with Gasteiger partial charge in [-0.3, -0.25) is 0 Å². The van der Waals surface area contributed by atoms with Gasteiger partial charge in [0.1, 0.15) is 0 Å². The fourth-order valence-electron chi connectivity index (χ4n) is 5.52. The lowest BCUT2D eigenvalue weighted by Crippen LogP contribution is -2.58. The summed E-state index contributed by atoms with van der Waals surface area (Å²) in [5.74, 6) is 2.21. The highest BCUT2D eigenvalue weighted by atomic mass is 15.1. The SMILES string of the molecule is CCC1C2NC3=CC4=C(CC3C2C)CC1(CC)NC/C=C\4. The quantitative estimate of drug-likeness (QED) is 0.810. The van der Waals surface area contributed by atoms with Crippen LogP contribution in [0.15, 0.2) is 35.1 Å². The maximum absolute atomic E-state index is 3.94. The Morgan fingerprint density at radius 3 is 2.95 bits per heavy atom. The largest absolute Gasteiger partial charge is 0.385 e. The molecule has 5 unspecified atom stereocenters. The molecule has 0 amide bonds. The van der Waals surface area contributed by atoms with Crippen LogP contribution in [0.1, 0.15) is 46.5 Å². The summed E-state index contributed by atoms with van der Waals surface area (Å²) in [5.41, 5.74) is 4.98. The van der Waals surface area contributed by atoms with Crippen molar-refractivity contribution in [3.63, 3.8) is 0 Å². The number of allylic oxidation sites excluding steroid dienone is 4. The van der Waals surface area contributed by atoms with Gasteiger partial charge < -0.3 is 10.6 Å². The van der Waals surface area contributed by atoms with Crippen molar-refractivity contribution in [2.45, 2.75) is 58.0 Å². The molecule has 0 aromatic carbocycles. The molecule has 2 N–H and O–H groups in total. The third-order valence-corrected chi connectivity index (χ3v) is 6.73. The Morgan fingerprint density at radius 1 is 1.33 bits per heavy atom. The van der Waals surface area contributed by atoms with Crippen LogP contribution < -0.4 is 10.6 Å². The molecule has 2 fully saturated rings. The molecule has 2 heterocycles. The average molecular weight is 284 g/mol. The monoisotopic (exact) mass is 284 g/mol. The molecular formula is C19H28N2. The molecule has 0 aromatic rings. The Balaban J connectivity index is 1.91. The Kier molecular flexibility index (Phi) is 3.08. The topological polar surface area (TPSA) is 24.1 Å². The molecule has 2 aliphatic carbocycles. The number of rotatable bonds is 2. The van der Waals surface area contributed by atoms with E-state index in [-0.39, 0.29) is 5.54 Å². The number of hydrogen-bond donors (Lipinski definition) is 2. The van der Waals surface area contributed by atoms with Crippen molar-refractivity contribution in [3.8, 4) is 0 Å². The van der Waals surface area contributed by atoms with Crippen LogP contribution in [0.4, 0.5) is 0 Å². The first-order chi connectivity index (χ1) is 10.2. The van der Waals surface area contributed by atoms with Crippen LogP contribution in [-0.2, 0) is 0 Å². The molecule has 21 heavy (non-hydrogen) atoms. The Hall–Kier alpha value is -1.02. The van der Waals surface area contributed by atoms with Crippen molar-refractivity contribution < 1.29 is 0 Å². The lowest BCUT2D eigenvalue weighted by atomic mass is 9.63. The first-order valence-electron chi connectivity index (χ1n) is 8.80. The molecule has 0 aromatic heterocycles. The van der Waals surface area contributed by atoms with Gasteiger partial charge in [0, 0.05) is 29.7 Å². The summed E-state index contributed by atoms with van der Waals surface area (Å²) in [6.07, 6.45) is 12.1. The van der Waals surface area contributed by atoms with Crippen molar-refractivity contribution in [2.75, 3.05) is 6.54 Å². The first kappa shape index (κ1) is 13.6. The van der Waals surface area contributed by atoms with Crippen molar-refractivity contribution in [3.05, 3.63) is 35.1 Å². The van der Waals surface area contributed by atoms with E-state index in [4.69, 9.17) is 0 Å². The van der Waals surface area contributed by atoms with Crippen LogP contribution in [0.2, 0.25) is 0 Å². The standard InChI is InChI=1S/C19H28N2/c1-4-16-18-12(3)15-9-14-11-19(16,5-2)20-8-6-7-13(14)10-17(15)21-18/h6-7,10,12,15-16,18,20-21H,4-5,8-9,11H2,1-3H3/b7-6-. The molecule has 4 aliphatic rings. The normalized spacial score (nSPS) is 45.6. The Morgan fingerprint density at radius 2 is 2.19 bits per heavy atom. The molecule has 2 aliphatic heterocycles. The third-order valence-electron chi connectivity index (χ3n) is 6.73. The lowest BCUT2D eigenvalue weighted by Gasteiger charge is -2.48. The van der Waals surface area contributed by atoms with Crippen molar-refractivity contribution in [1.29, 1.82) is 0 Å². The van der Waals surface area contributed by atoms with Gasteiger partial charge in [0.15, 0.2) is 0 Å². The molecular weight excluding hydrogens is 256 g/mol. The van der Waals surface area contributed by atoms with E-state index in [1.54, 1.807) is 5.57 Å². The zero-order valence-electron chi connectivity index (χ0n) is 13.6. The van der Waals surface area contributed by atoms with E-state index < -0.39 is 0 Å². The molecule has 0 radical (unpaired) electrons. The van der Waals surface area contributed by atoms with Crippen molar-refractivity contribution >= 4 is 0 Å². The summed E-state index contributed by atoms with van der Waals surface area (Å²) in [5, 5.41) is 7.88. The summed E-state index contributed by atoms with van der Waals surface area (Å²) in [4.78, 5) is 0. The summed E-state index contributed by atoms with van der Waals surface area (Å²) < 4.78 is 0. The maximum Gasteiger partial charge on any atom is 0.0336 e. The minimum absolute atomic E-state index is 0.268. The second kappa shape index (κ2) is 4.74. The van der Waals surface area contributed by atoms with Crippen LogP contribution in [0.25, 0.3) is 0 Å². The Labute approximate surface area is 128 Å². The van der Waals surface area contributed by atoms with E-state index in [2.05, 4.69) is 49.6 Å². The molecule has 4 rings (SSSR count). The van der Waals surface area contributed by atoms with Gasteiger partial charge in [-0.2, -0.15) is 0 Å². The van der Waals surface area contributed by atoms with Gasteiger partial charge in [-0.25, -0.2) is 0 Å². The lowest BCUT2D eigenvalue weighted by molar-refractivity contribution is 0.125. The minimum Gasteiger partial charge on any atom is -0.385 e. The number of hydrogen-bond acceptors (Lipinski definition) is 2. The fourth-order valence-corrected chi connectivity index (χ4v) is 5.52. The molecule has 2 heteroatoms. The van der Waals surface area contributed by atoms with Crippen LogP contribution in [-0.4, -0.2) is 18.1 Å². The van der Waals surface area contributed by atoms with E-state index in [0.29, 0.717) is 12.0 Å². The van der Waals surface area contributed by atoms with Crippen molar-refractivity contribution in [1.82, 2.24) is 10.6 Å². The van der Waals surface area contributed by atoms with E-state index in [1.807, 2.05) is 0 Å². The van der Waals surface area contributed by atoms with Gasteiger partial charge in [0.2, 0.25) is 0 Å².